The summed E-state index contributed by atoms with van der Waals surface area (Å²) in [4.78, 5) is 24.3. The normalized spacial score (nSPS) is 14.8. The van der Waals surface area contributed by atoms with Crippen LogP contribution in [0.1, 0.15) is 15.9 Å². The number of amides is 2. The van der Waals surface area contributed by atoms with Gasteiger partial charge in [-0.3, -0.25) is 9.59 Å². The third-order valence-corrected chi connectivity index (χ3v) is 6.71. The highest BCUT2D eigenvalue weighted by molar-refractivity contribution is 7.89. The molecule has 3 aromatic rings. The lowest BCUT2D eigenvalue weighted by atomic mass is 10.2. The first-order chi connectivity index (χ1) is 14.9. The number of hydrogen-bond donors (Lipinski definition) is 2. The summed E-state index contributed by atoms with van der Waals surface area (Å²) in [6, 6.07) is 17.1. The number of carbonyl (C=O) groups is 2. The van der Waals surface area contributed by atoms with E-state index in [0.29, 0.717) is 12.4 Å². The van der Waals surface area contributed by atoms with Crippen molar-refractivity contribution in [1.29, 1.82) is 0 Å². The van der Waals surface area contributed by atoms with Crippen molar-refractivity contribution in [2.24, 2.45) is 0 Å². The van der Waals surface area contributed by atoms with Gasteiger partial charge in [-0.2, -0.15) is 9.40 Å². The maximum Gasteiger partial charge on any atom is 0.256 e. The smallest absolute Gasteiger partial charge is 0.256 e. The molecule has 2 amide bonds. The minimum atomic E-state index is -3.89. The zero-order valence-corrected chi connectivity index (χ0v) is 17.4. The molecule has 31 heavy (non-hydrogen) atoms. The number of hydrogen-bond acceptors (Lipinski definition) is 5. The van der Waals surface area contributed by atoms with Gasteiger partial charge in [0.25, 0.3) is 5.91 Å². The molecule has 0 bridgehead atoms. The quantitative estimate of drug-likeness (QED) is 0.601. The fourth-order valence-corrected chi connectivity index (χ4v) is 4.72. The average molecular weight is 439 g/mol. The van der Waals surface area contributed by atoms with Crippen LogP contribution in [0.3, 0.4) is 0 Å². The lowest BCUT2D eigenvalue weighted by molar-refractivity contribution is -0.122. The van der Waals surface area contributed by atoms with Crippen molar-refractivity contribution in [2.45, 2.75) is 11.4 Å². The van der Waals surface area contributed by atoms with Gasteiger partial charge < -0.3 is 10.6 Å². The zero-order valence-electron chi connectivity index (χ0n) is 16.6. The van der Waals surface area contributed by atoms with Gasteiger partial charge in [0.15, 0.2) is 0 Å². The fourth-order valence-electron chi connectivity index (χ4n) is 3.28. The molecule has 9 nitrogen and oxygen atoms in total. The van der Waals surface area contributed by atoms with Crippen LogP contribution in [0.25, 0.3) is 0 Å². The van der Waals surface area contributed by atoms with Crippen LogP contribution in [-0.2, 0) is 21.4 Å². The standard InChI is InChI=1S/C21H21N5O4S/c27-20-15-25(12-11-22-20)31(29,30)18-8-4-7-17(13-18)21(28)24-19-9-10-23-26(19)14-16-5-2-1-3-6-16/h1-10,13H,11-12,14-15H2,(H,22,27)(H,24,28). The SMILES string of the molecule is O=C1CN(S(=O)(=O)c2cccc(C(=O)Nc3ccnn3Cc3ccccc3)c2)CCN1. The van der Waals surface area contributed by atoms with Gasteiger partial charge in [0.1, 0.15) is 5.82 Å². The molecule has 0 spiro atoms. The molecule has 1 fully saturated rings. The molecular weight excluding hydrogens is 418 g/mol. The van der Waals surface area contributed by atoms with Gasteiger partial charge >= 0.3 is 0 Å². The lowest BCUT2D eigenvalue weighted by Gasteiger charge is -2.26. The molecule has 160 valence electrons. The molecule has 2 N–H and O–H groups in total. The second kappa shape index (κ2) is 8.70. The van der Waals surface area contributed by atoms with Crippen LogP contribution in [0, 0.1) is 0 Å². The minimum Gasteiger partial charge on any atom is -0.354 e. The summed E-state index contributed by atoms with van der Waals surface area (Å²) in [7, 11) is -3.89. The summed E-state index contributed by atoms with van der Waals surface area (Å²) in [5.74, 6) is -0.312. The van der Waals surface area contributed by atoms with Crippen LogP contribution in [0.5, 0.6) is 0 Å². The predicted molar refractivity (Wildman–Crippen MR) is 114 cm³/mol. The summed E-state index contributed by atoms with van der Waals surface area (Å²) in [6.45, 7) is 0.680. The molecular formula is C21H21N5O4S. The van der Waals surface area contributed by atoms with Crippen molar-refractivity contribution >= 4 is 27.7 Å². The summed E-state index contributed by atoms with van der Waals surface area (Å²) in [6.07, 6.45) is 1.58. The Morgan fingerprint density at radius 1 is 1.10 bits per heavy atom. The van der Waals surface area contributed by atoms with Gasteiger partial charge in [-0.25, -0.2) is 13.1 Å². The molecule has 0 unspecified atom stereocenters. The second-order valence-electron chi connectivity index (χ2n) is 7.03. The lowest BCUT2D eigenvalue weighted by Crippen LogP contribution is -2.49. The minimum absolute atomic E-state index is 0.0346. The Balaban J connectivity index is 1.52. The average Bonchev–Trinajstić information content (AvgIpc) is 3.21. The maximum atomic E-state index is 12.9. The molecule has 2 aromatic carbocycles. The first-order valence-electron chi connectivity index (χ1n) is 9.67. The molecule has 1 saturated heterocycles. The van der Waals surface area contributed by atoms with E-state index in [4.69, 9.17) is 0 Å². The summed E-state index contributed by atoms with van der Waals surface area (Å²) in [5, 5.41) is 9.62. The maximum absolute atomic E-state index is 12.9. The van der Waals surface area contributed by atoms with Crippen LogP contribution in [0.4, 0.5) is 5.82 Å². The Bertz CT molecular complexity index is 1210. The molecule has 0 saturated carbocycles. The Morgan fingerprint density at radius 2 is 1.90 bits per heavy atom. The number of aromatic nitrogens is 2. The van der Waals surface area contributed by atoms with E-state index in [0.717, 1.165) is 9.87 Å². The Kier molecular flexibility index (Phi) is 5.83. The van der Waals surface area contributed by atoms with Crippen LogP contribution < -0.4 is 10.6 Å². The first kappa shape index (κ1) is 20.8. The monoisotopic (exact) mass is 439 g/mol. The van der Waals surface area contributed by atoms with E-state index in [2.05, 4.69) is 15.7 Å². The van der Waals surface area contributed by atoms with Crippen LogP contribution >= 0.6 is 0 Å². The van der Waals surface area contributed by atoms with E-state index >= 15 is 0 Å². The van der Waals surface area contributed by atoms with Crippen molar-refractivity contribution in [2.75, 3.05) is 25.0 Å². The van der Waals surface area contributed by atoms with E-state index in [9.17, 15) is 18.0 Å². The summed E-state index contributed by atoms with van der Waals surface area (Å²) < 4.78 is 28.5. The third-order valence-electron chi connectivity index (χ3n) is 4.87. The molecule has 10 heteroatoms. The largest absolute Gasteiger partial charge is 0.354 e. The molecule has 4 rings (SSSR count). The highest BCUT2D eigenvalue weighted by Crippen LogP contribution is 2.19. The van der Waals surface area contributed by atoms with Crippen molar-refractivity contribution in [1.82, 2.24) is 19.4 Å². The Hall–Kier alpha value is -3.50. The molecule has 1 aromatic heterocycles. The Morgan fingerprint density at radius 3 is 2.68 bits per heavy atom. The molecule has 1 aliphatic heterocycles. The number of rotatable bonds is 6. The van der Waals surface area contributed by atoms with Crippen molar-refractivity contribution in [3.05, 3.63) is 78.0 Å². The molecule has 0 radical (unpaired) electrons. The summed E-state index contributed by atoms with van der Waals surface area (Å²) >= 11 is 0. The van der Waals surface area contributed by atoms with E-state index in [1.165, 1.54) is 24.3 Å². The number of piperazine rings is 1. The van der Waals surface area contributed by atoms with E-state index in [-0.39, 0.29) is 36.0 Å². The topological polar surface area (TPSA) is 113 Å². The van der Waals surface area contributed by atoms with Gasteiger partial charge in [0.05, 0.1) is 24.2 Å². The number of nitrogens with zero attached hydrogens (tertiary/aromatic N) is 3. The van der Waals surface area contributed by atoms with Gasteiger partial charge in [-0.1, -0.05) is 36.4 Å². The van der Waals surface area contributed by atoms with Crippen molar-refractivity contribution in [3.63, 3.8) is 0 Å². The summed E-state index contributed by atoms with van der Waals surface area (Å²) in [5.41, 5.74) is 1.22. The van der Waals surface area contributed by atoms with Gasteiger partial charge in [-0.05, 0) is 23.8 Å². The zero-order chi connectivity index (χ0) is 21.8. The molecule has 0 atom stereocenters. The molecule has 2 heterocycles. The highest BCUT2D eigenvalue weighted by atomic mass is 32.2. The van der Waals surface area contributed by atoms with Crippen LogP contribution in [0.15, 0.2) is 71.8 Å². The van der Waals surface area contributed by atoms with Crippen molar-refractivity contribution < 1.29 is 18.0 Å². The predicted octanol–water partition coefficient (Wildman–Crippen LogP) is 1.30. The van der Waals surface area contributed by atoms with Crippen LogP contribution in [0.2, 0.25) is 0 Å². The van der Waals surface area contributed by atoms with Gasteiger partial charge in [0.2, 0.25) is 15.9 Å². The fraction of sp³-hybridized carbons (Fsp3) is 0.190. The third kappa shape index (κ3) is 4.65. The molecule has 0 aliphatic carbocycles. The van der Waals surface area contributed by atoms with E-state index in [1.54, 1.807) is 16.9 Å². The first-order valence-corrected chi connectivity index (χ1v) is 11.1. The number of benzene rings is 2. The number of carbonyl (C=O) groups excluding carboxylic acids is 2. The Labute approximate surface area is 179 Å². The van der Waals surface area contributed by atoms with Gasteiger partial charge in [-0.15, -0.1) is 0 Å². The second-order valence-corrected chi connectivity index (χ2v) is 8.97. The number of anilines is 1. The van der Waals surface area contributed by atoms with Crippen LogP contribution in [-0.4, -0.2) is 54.0 Å². The number of sulfonamides is 1. The van der Waals surface area contributed by atoms with Crippen molar-refractivity contribution in [3.8, 4) is 0 Å². The van der Waals surface area contributed by atoms with E-state index < -0.39 is 15.9 Å². The molecule has 1 aliphatic rings. The van der Waals surface area contributed by atoms with E-state index in [1.807, 2.05) is 30.3 Å². The van der Waals surface area contributed by atoms with Gasteiger partial charge in [0, 0.05) is 24.7 Å². The number of nitrogens with one attached hydrogen (secondary N) is 2. The highest BCUT2D eigenvalue weighted by Gasteiger charge is 2.29.